The van der Waals surface area contributed by atoms with Crippen LogP contribution in [0.2, 0.25) is 0 Å². The SMILES string of the molecule is CC(C)(C)c1ccc(-c2nn[c]o2)cc1. The highest BCUT2D eigenvalue weighted by Gasteiger charge is 2.13. The summed E-state index contributed by atoms with van der Waals surface area (Å²) >= 11 is 0. The van der Waals surface area contributed by atoms with E-state index in [0.717, 1.165) is 5.56 Å². The monoisotopic (exact) mass is 201 g/mol. The Morgan fingerprint density at radius 2 is 1.80 bits per heavy atom. The molecule has 0 atom stereocenters. The molecule has 15 heavy (non-hydrogen) atoms. The van der Waals surface area contributed by atoms with E-state index < -0.39 is 0 Å². The molecule has 0 saturated carbocycles. The maximum atomic E-state index is 5.00. The number of hydrogen-bond donors (Lipinski definition) is 0. The molecule has 0 aliphatic rings. The van der Waals surface area contributed by atoms with E-state index in [0.29, 0.717) is 5.89 Å². The summed E-state index contributed by atoms with van der Waals surface area (Å²) < 4.78 is 5.00. The van der Waals surface area contributed by atoms with Crippen LogP contribution >= 0.6 is 0 Å². The molecule has 0 saturated heterocycles. The fourth-order valence-corrected chi connectivity index (χ4v) is 1.38. The van der Waals surface area contributed by atoms with E-state index in [1.807, 2.05) is 12.1 Å². The van der Waals surface area contributed by atoms with E-state index in [4.69, 9.17) is 4.42 Å². The van der Waals surface area contributed by atoms with Crippen LogP contribution in [0.3, 0.4) is 0 Å². The van der Waals surface area contributed by atoms with Crippen molar-refractivity contribution in [3.05, 3.63) is 36.2 Å². The minimum atomic E-state index is 0.166. The molecule has 3 nitrogen and oxygen atoms in total. The molecule has 0 N–H and O–H groups in total. The molecule has 0 amide bonds. The maximum absolute atomic E-state index is 5.00. The summed E-state index contributed by atoms with van der Waals surface area (Å²) in [4.78, 5) is 0. The average Bonchev–Trinajstić information content (AvgIpc) is 2.69. The second-order valence-electron chi connectivity index (χ2n) is 4.53. The van der Waals surface area contributed by atoms with E-state index >= 15 is 0 Å². The van der Waals surface area contributed by atoms with E-state index in [2.05, 4.69) is 49.5 Å². The van der Waals surface area contributed by atoms with Crippen LogP contribution in [0.1, 0.15) is 26.3 Å². The van der Waals surface area contributed by atoms with Crippen molar-refractivity contribution < 1.29 is 4.42 Å². The number of aromatic nitrogens is 2. The molecule has 0 aliphatic carbocycles. The zero-order valence-electron chi connectivity index (χ0n) is 9.11. The maximum Gasteiger partial charge on any atom is 0.306 e. The van der Waals surface area contributed by atoms with Gasteiger partial charge in [0, 0.05) is 5.56 Å². The van der Waals surface area contributed by atoms with Crippen LogP contribution in [-0.4, -0.2) is 10.2 Å². The van der Waals surface area contributed by atoms with Crippen molar-refractivity contribution in [2.75, 3.05) is 0 Å². The van der Waals surface area contributed by atoms with E-state index in [1.54, 1.807) is 0 Å². The summed E-state index contributed by atoms with van der Waals surface area (Å²) in [6.07, 6.45) is 2.34. The lowest BCUT2D eigenvalue weighted by atomic mass is 9.87. The van der Waals surface area contributed by atoms with Crippen LogP contribution in [0.15, 0.2) is 28.7 Å². The standard InChI is InChI=1S/C12H13N2O/c1-12(2,3)10-6-4-9(5-7-10)11-14-13-8-15-11/h4-7H,1-3H3. The fraction of sp³-hybridized carbons (Fsp3) is 0.333. The summed E-state index contributed by atoms with van der Waals surface area (Å²) in [7, 11) is 0. The predicted octanol–water partition coefficient (Wildman–Crippen LogP) is 2.83. The zero-order valence-corrected chi connectivity index (χ0v) is 9.11. The first-order valence-electron chi connectivity index (χ1n) is 4.88. The molecule has 77 valence electrons. The number of benzene rings is 1. The van der Waals surface area contributed by atoms with Crippen LogP contribution < -0.4 is 0 Å². The Bertz CT molecular complexity index is 424. The third-order valence-corrected chi connectivity index (χ3v) is 2.32. The van der Waals surface area contributed by atoms with Gasteiger partial charge in [-0.3, -0.25) is 0 Å². The van der Waals surface area contributed by atoms with Gasteiger partial charge in [0.05, 0.1) is 0 Å². The van der Waals surface area contributed by atoms with Gasteiger partial charge in [0.15, 0.2) is 0 Å². The lowest BCUT2D eigenvalue weighted by molar-refractivity contribution is 0.558. The molecule has 3 heteroatoms. The van der Waals surface area contributed by atoms with Gasteiger partial charge < -0.3 is 4.42 Å². The van der Waals surface area contributed by atoms with Crippen molar-refractivity contribution in [3.63, 3.8) is 0 Å². The van der Waals surface area contributed by atoms with Gasteiger partial charge in [-0.1, -0.05) is 32.9 Å². The lowest BCUT2D eigenvalue weighted by Gasteiger charge is -2.18. The molecule has 1 aromatic carbocycles. The summed E-state index contributed by atoms with van der Waals surface area (Å²) in [6.45, 7) is 6.55. The highest BCUT2D eigenvalue weighted by molar-refractivity contribution is 5.53. The van der Waals surface area contributed by atoms with Crippen LogP contribution in [0.5, 0.6) is 0 Å². The predicted molar refractivity (Wildman–Crippen MR) is 57.3 cm³/mol. The van der Waals surface area contributed by atoms with Gasteiger partial charge in [-0.2, -0.15) is 0 Å². The number of nitrogens with zero attached hydrogens (tertiary/aromatic N) is 2. The van der Waals surface area contributed by atoms with Crippen molar-refractivity contribution in [2.24, 2.45) is 0 Å². The Kier molecular flexibility index (Phi) is 2.31. The minimum absolute atomic E-state index is 0.166. The molecule has 0 spiro atoms. The van der Waals surface area contributed by atoms with Crippen LogP contribution in [-0.2, 0) is 5.41 Å². The van der Waals surface area contributed by atoms with Gasteiger partial charge in [0.1, 0.15) is 0 Å². The Labute approximate surface area is 89.2 Å². The van der Waals surface area contributed by atoms with E-state index in [-0.39, 0.29) is 5.41 Å². The van der Waals surface area contributed by atoms with E-state index in [9.17, 15) is 0 Å². The quantitative estimate of drug-likeness (QED) is 0.712. The molecule has 2 rings (SSSR count). The normalized spacial score (nSPS) is 11.7. The topological polar surface area (TPSA) is 38.9 Å². The summed E-state index contributed by atoms with van der Waals surface area (Å²) in [5.41, 5.74) is 2.38. The van der Waals surface area contributed by atoms with Gasteiger partial charge in [0.2, 0.25) is 5.89 Å². The Balaban J connectivity index is 2.33. The van der Waals surface area contributed by atoms with Gasteiger partial charge in [-0.15, -0.1) is 10.2 Å². The smallest absolute Gasteiger partial charge is 0.306 e. The Morgan fingerprint density at radius 1 is 1.13 bits per heavy atom. The first-order chi connectivity index (χ1) is 7.07. The fourth-order valence-electron chi connectivity index (χ4n) is 1.38. The molecule has 0 fully saturated rings. The molecular formula is C12H13N2O. The van der Waals surface area contributed by atoms with Crippen molar-refractivity contribution in [1.82, 2.24) is 10.2 Å². The Hall–Kier alpha value is -1.64. The number of rotatable bonds is 1. The molecule has 0 bridgehead atoms. The third kappa shape index (κ3) is 2.06. The summed E-state index contributed by atoms with van der Waals surface area (Å²) in [6, 6.07) is 8.14. The highest BCUT2D eigenvalue weighted by atomic mass is 16.4. The van der Waals surface area contributed by atoms with Gasteiger partial charge in [0.25, 0.3) is 0 Å². The third-order valence-electron chi connectivity index (χ3n) is 2.32. The highest BCUT2D eigenvalue weighted by Crippen LogP contribution is 2.24. The van der Waals surface area contributed by atoms with Crippen LogP contribution in [0.4, 0.5) is 0 Å². The lowest BCUT2D eigenvalue weighted by Crippen LogP contribution is -2.10. The van der Waals surface area contributed by atoms with E-state index in [1.165, 1.54) is 5.56 Å². The molecule has 0 unspecified atom stereocenters. The van der Waals surface area contributed by atoms with Crippen LogP contribution in [0, 0.1) is 6.39 Å². The summed E-state index contributed by atoms with van der Waals surface area (Å²) in [5, 5.41) is 7.33. The zero-order chi connectivity index (χ0) is 10.9. The molecule has 1 radical (unpaired) electrons. The van der Waals surface area contributed by atoms with Gasteiger partial charge in [-0.05, 0) is 23.1 Å². The minimum Gasteiger partial charge on any atom is -0.412 e. The molecular weight excluding hydrogens is 188 g/mol. The van der Waals surface area contributed by atoms with Crippen molar-refractivity contribution in [1.29, 1.82) is 0 Å². The largest absolute Gasteiger partial charge is 0.412 e. The number of hydrogen-bond acceptors (Lipinski definition) is 3. The van der Waals surface area contributed by atoms with Gasteiger partial charge in [-0.25, -0.2) is 0 Å². The second-order valence-corrected chi connectivity index (χ2v) is 4.53. The van der Waals surface area contributed by atoms with Crippen molar-refractivity contribution in [2.45, 2.75) is 26.2 Å². The summed E-state index contributed by atoms with van der Waals surface area (Å²) in [5.74, 6) is 0.510. The van der Waals surface area contributed by atoms with Crippen LogP contribution in [0.25, 0.3) is 11.5 Å². The molecule has 1 aromatic heterocycles. The first-order valence-corrected chi connectivity index (χ1v) is 4.88. The Morgan fingerprint density at radius 3 is 2.27 bits per heavy atom. The van der Waals surface area contributed by atoms with Gasteiger partial charge >= 0.3 is 6.39 Å². The molecule has 0 aliphatic heterocycles. The molecule has 2 aromatic rings. The first kappa shape index (κ1) is 9.90. The second kappa shape index (κ2) is 3.50. The van der Waals surface area contributed by atoms with Crippen molar-refractivity contribution in [3.8, 4) is 11.5 Å². The molecule has 1 heterocycles. The van der Waals surface area contributed by atoms with Crippen molar-refractivity contribution >= 4 is 0 Å². The average molecular weight is 201 g/mol.